The van der Waals surface area contributed by atoms with Gasteiger partial charge in [-0.3, -0.25) is 9.69 Å². The molecule has 3 rings (SSSR count). The molecular formula is C16H20F2N2O. The summed E-state index contributed by atoms with van der Waals surface area (Å²) in [4.78, 5) is 14.7. The maximum atomic E-state index is 13.5. The number of piperazine rings is 1. The third-order valence-corrected chi connectivity index (χ3v) is 5.03. The van der Waals surface area contributed by atoms with E-state index in [-0.39, 0.29) is 5.91 Å². The summed E-state index contributed by atoms with van der Waals surface area (Å²) in [5, 5.41) is 3.01. The van der Waals surface area contributed by atoms with Crippen LogP contribution in [0.15, 0.2) is 18.2 Å². The standard InChI is InChI=1S/C16H20F2N2O/c1-15(11-7-12(17)9-13(18)8-11)10-20(2)16(14(21)19-15)5-3-4-6-16/h7-9H,3-6,10H2,1-2H3,(H,19,21)/t15-/m0/s1. The average Bonchev–Trinajstić information content (AvgIpc) is 2.86. The lowest BCUT2D eigenvalue weighted by atomic mass is 9.82. The first kappa shape index (κ1) is 14.4. The lowest BCUT2D eigenvalue weighted by molar-refractivity contribution is -0.141. The number of likely N-dealkylation sites (N-methyl/N-ethyl adjacent to an activating group) is 1. The number of rotatable bonds is 1. The first-order valence-electron chi connectivity index (χ1n) is 7.36. The summed E-state index contributed by atoms with van der Waals surface area (Å²) in [5.41, 5.74) is -0.749. The fourth-order valence-corrected chi connectivity index (χ4v) is 3.81. The van der Waals surface area contributed by atoms with Gasteiger partial charge < -0.3 is 5.32 Å². The van der Waals surface area contributed by atoms with Crippen molar-refractivity contribution in [3.8, 4) is 0 Å². The third kappa shape index (κ3) is 2.24. The van der Waals surface area contributed by atoms with Crippen molar-refractivity contribution in [1.82, 2.24) is 10.2 Å². The van der Waals surface area contributed by atoms with E-state index in [1.54, 1.807) is 0 Å². The lowest BCUT2D eigenvalue weighted by Crippen LogP contribution is -2.69. The van der Waals surface area contributed by atoms with Gasteiger partial charge >= 0.3 is 0 Å². The van der Waals surface area contributed by atoms with Gasteiger partial charge in [0.25, 0.3) is 0 Å². The van der Waals surface area contributed by atoms with E-state index < -0.39 is 22.7 Å². The SMILES string of the molecule is CN1C[C@@](C)(c2cc(F)cc(F)c2)NC(=O)C12CCCC2. The molecule has 0 unspecified atom stereocenters. The Labute approximate surface area is 123 Å². The quantitative estimate of drug-likeness (QED) is 0.863. The molecule has 114 valence electrons. The van der Waals surface area contributed by atoms with Gasteiger partial charge in [0, 0.05) is 12.6 Å². The Morgan fingerprint density at radius 2 is 1.71 bits per heavy atom. The summed E-state index contributed by atoms with van der Waals surface area (Å²) in [6.07, 6.45) is 3.79. The first-order valence-corrected chi connectivity index (χ1v) is 7.36. The molecule has 5 heteroatoms. The third-order valence-electron chi connectivity index (χ3n) is 5.03. The number of hydrogen-bond donors (Lipinski definition) is 1. The number of nitrogens with zero attached hydrogens (tertiary/aromatic N) is 1. The lowest BCUT2D eigenvalue weighted by Gasteiger charge is -2.49. The van der Waals surface area contributed by atoms with E-state index in [9.17, 15) is 13.6 Å². The first-order chi connectivity index (χ1) is 9.86. The average molecular weight is 294 g/mol. The molecule has 1 aliphatic carbocycles. The van der Waals surface area contributed by atoms with Gasteiger partial charge in [-0.15, -0.1) is 0 Å². The van der Waals surface area contributed by atoms with Crippen molar-refractivity contribution in [3.63, 3.8) is 0 Å². The molecule has 1 saturated carbocycles. The van der Waals surface area contributed by atoms with Crippen molar-refractivity contribution in [2.45, 2.75) is 43.7 Å². The highest BCUT2D eigenvalue weighted by molar-refractivity contribution is 5.88. The zero-order valence-corrected chi connectivity index (χ0v) is 12.4. The van der Waals surface area contributed by atoms with Gasteiger partial charge in [-0.05, 0) is 44.5 Å². The Balaban J connectivity index is 1.95. The van der Waals surface area contributed by atoms with E-state index in [2.05, 4.69) is 10.2 Å². The minimum Gasteiger partial charge on any atom is -0.344 e. The van der Waals surface area contributed by atoms with Crippen molar-refractivity contribution in [2.24, 2.45) is 0 Å². The Morgan fingerprint density at radius 1 is 1.14 bits per heavy atom. The highest BCUT2D eigenvalue weighted by atomic mass is 19.1. The number of hydrogen-bond acceptors (Lipinski definition) is 2. The predicted octanol–water partition coefficient (Wildman–Crippen LogP) is 2.55. The van der Waals surface area contributed by atoms with Crippen molar-refractivity contribution in [3.05, 3.63) is 35.4 Å². The zero-order chi connectivity index (χ0) is 15.3. The largest absolute Gasteiger partial charge is 0.344 e. The Bertz CT molecular complexity index is 563. The molecule has 0 radical (unpaired) electrons. The van der Waals surface area contributed by atoms with Gasteiger partial charge in [-0.25, -0.2) is 8.78 Å². The van der Waals surface area contributed by atoms with Gasteiger partial charge in [0.1, 0.15) is 17.2 Å². The van der Waals surface area contributed by atoms with Crippen molar-refractivity contribution < 1.29 is 13.6 Å². The van der Waals surface area contributed by atoms with E-state index in [1.165, 1.54) is 12.1 Å². The number of benzene rings is 1. The molecule has 1 aromatic carbocycles. The molecule has 21 heavy (non-hydrogen) atoms. The predicted molar refractivity (Wildman–Crippen MR) is 75.7 cm³/mol. The van der Waals surface area contributed by atoms with E-state index in [1.807, 2.05) is 14.0 Å². The molecule has 0 bridgehead atoms. The van der Waals surface area contributed by atoms with Crippen LogP contribution < -0.4 is 5.32 Å². The molecule has 1 aromatic rings. The minimum atomic E-state index is -0.775. The topological polar surface area (TPSA) is 32.3 Å². The Morgan fingerprint density at radius 3 is 2.24 bits per heavy atom. The second-order valence-electron chi connectivity index (χ2n) is 6.54. The van der Waals surface area contributed by atoms with Crippen LogP contribution in [0.4, 0.5) is 8.78 Å². The van der Waals surface area contributed by atoms with E-state index >= 15 is 0 Å². The number of carbonyl (C=O) groups is 1. The Hall–Kier alpha value is -1.49. The zero-order valence-electron chi connectivity index (χ0n) is 12.4. The van der Waals surface area contributed by atoms with E-state index in [0.717, 1.165) is 31.7 Å². The van der Waals surface area contributed by atoms with E-state index in [4.69, 9.17) is 0 Å². The summed E-state index contributed by atoms with van der Waals surface area (Å²) >= 11 is 0. The van der Waals surface area contributed by atoms with Crippen LogP contribution in [0.3, 0.4) is 0 Å². The summed E-state index contributed by atoms with van der Waals surface area (Å²) in [7, 11) is 1.93. The van der Waals surface area contributed by atoms with Crippen LogP contribution in [0.1, 0.15) is 38.2 Å². The highest BCUT2D eigenvalue weighted by Crippen LogP contribution is 2.40. The monoisotopic (exact) mass is 294 g/mol. The van der Waals surface area contributed by atoms with Crippen LogP contribution in [-0.2, 0) is 10.3 Å². The van der Waals surface area contributed by atoms with Crippen molar-refractivity contribution in [2.75, 3.05) is 13.6 Å². The van der Waals surface area contributed by atoms with Crippen LogP contribution in [0.2, 0.25) is 0 Å². The molecule has 2 aliphatic rings. The molecule has 1 aliphatic heterocycles. The normalized spacial score (nSPS) is 28.9. The summed E-state index contributed by atoms with van der Waals surface area (Å²) in [6.45, 7) is 2.36. The van der Waals surface area contributed by atoms with Gasteiger partial charge in [0.05, 0.1) is 5.54 Å². The second kappa shape index (κ2) is 4.77. The maximum absolute atomic E-state index is 13.5. The molecule has 1 saturated heterocycles. The molecule has 3 nitrogen and oxygen atoms in total. The number of halogens is 2. The van der Waals surface area contributed by atoms with Gasteiger partial charge in [0.15, 0.2) is 0 Å². The highest BCUT2D eigenvalue weighted by Gasteiger charge is 2.52. The van der Waals surface area contributed by atoms with Gasteiger partial charge in [0.2, 0.25) is 5.91 Å². The van der Waals surface area contributed by atoms with Gasteiger partial charge in [-0.1, -0.05) is 12.8 Å². The molecule has 0 aromatic heterocycles. The molecule has 1 amide bonds. The smallest absolute Gasteiger partial charge is 0.241 e. The molecule has 1 spiro atoms. The van der Waals surface area contributed by atoms with Crippen LogP contribution in [-0.4, -0.2) is 29.9 Å². The van der Waals surface area contributed by atoms with E-state index in [0.29, 0.717) is 12.1 Å². The molecule has 1 N–H and O–H groups in total. The molecule has 1 heterocycles. The van der Waals surface area contributed by atoms with Crippen LogP contribution >= 0.6 is 0 Å². The fraction of sp³-hybridized carbons (Fsp3) is 0.562. The van der Waals surface area contributed by atoms with Crippen LogP contribution in [0, 0.1) is 11.6 Å². The minimum absolute atomic E-state index is 0.0269. The second-order valence-corrected chi connectivity index (χ2v) is 6.54. The molecule has 2 fully saturated rings. The Kier molecular flexibility index (Phi) is 3.28. The van der Waals surface area contributed by atoms with Crippen LogP contribution in [0.5, 0.6) is 0 Å². The number of amides is 1. The van der Waals surface area contributed by atoms with Crippen LogP contribution in [0.25, 0.3) is 0 Å². The summed E-state index contributed by atoms with van der Waals surface area (Å²) in [5.74, 6) is -1.27. The van der Waals surface area contributed by atoms with Crippen molar-refractivity contribution in [1.29, 1.82) is 0 Å². The number of carbonyl (C=O) groups excluding carboxylic acids is 1. The summed E-state index contributed by atoms with van der Waals surface area (Å²) in [6, 6.07) is 3.44. The molecular weight excluding hydrogens is 274 g/mol. The summed E-state index contributed by atoms with van der Waals surface area (Å²) < 4.78 is 27.0. The maximum Gasteiger partial charge on any atom is 0.241 e. The molecule has 1 atom stereocenters. The number of nitrogens with one attached hydrogen (secondary N) is 1. The van der Waals surface area contributed by atoms with Crippen molar-refractivity contribution >= 4 is 5.91 Å². The van der Waals surface area contributed by atoms with Gasteiger partial charge in [-0.2, -0.15) is 0 Å². The fourth-order valence-electron chi connectivity index (χ4n) is 3.81.